The summed E-state index contributed by atoms with van der Waals surface area (Å²) in [6.07, 6.45) is -0.883. The average Bonchev–Trinajstić information content (AvgIpc) is 2.26. The molecule has 0 aliphatic heterocycles. The molecule has 1 rings (SSSR count). The van der Waals surface area contributed by atoms with Crippen LogP contribution in [0.4, 0.5) is 5.69 Å². The Morgan fingerprint density at radius 1 is 1.25 bits per heavy atom. The fraction of sp³-hybridized carbons (Fsp3) is 0.400. The van der Waals surface area contributed by atoms with E-state index in [2.05, 4.69) is 0 Å². The summed E-state index contributed by atoms with van der Waals surface area (Å²) in [4.78, 5) is 0. The van der Waals surface area contributed by atoms with Crippen LogP contribution in [0.1, 0.15) is 18.6 Å². The van der Waals surface area contributed by atoms with E-state index >= 15 is 0 Å². The van der Waals surface area contributed by atoms with Crippen LogP contribution in [0.3, 0.4) is 0 Å². The average molecular weight is 229 g/mol. The van der Waals surface area contributed by atoms with Crippen LogP contribution in [0.5, 0.6) is 11.5 Å². The SMILES string of the molecule is COc1cc([C@@H](C)O)c([NH+]([O-])O)cc1OC. The minimum absolute atomic E-state index is 0.00708. The lowest BCUT2D eigenvalue weighted by Gasteiger charge is -2.19. The second kappa shape index (κ2) is 5.13. The zero-order chi connectivity index (χ0) is 12.3. The molecule has 0 heterocycles. The van der Waals surface area contributed by atoms with Gasteiger partial charge >= 0.3 is 0 Å². The first-order valence-corrected chi connectivity index (χ1v) is 4.68. The molecule has 16 heavy (non-hydrogen) atoms. The van der Waals surface area contributed by atoms with E-state index in [9.17, 15) is 10.3 Å². The molecule has 0 spiro atoms. The van der Waals surface area contributed by atoms with Crippen molar-refractivity contribution in [2.24, 2.45) is 0 Å². The molecule has 1 aromatic rings. The van der Waals surface area contributed by atoms with Gasteiger partial charge in [-0.3, -0.25) is 0 Å². The van der Waals surface area contributed by atoms with E-state index in [1.807, 2.05) is 0 Å². The monoisotopic (exact) mass is 229 g/mol. The number of aliphatic hydroxyl groups excluding tert-OH is 1. The van der Waals surface area contributed by atoms with E-state index in [4.69, 9.17) is 14.7 Å². The minimum atomic E-state index is -1.11. The summed E-state index contributed by atoms with van der Waals surface area (Å²) in [5.74, 6) is 0.715. The van der Waals surface area contributed by atoms with Crippen LogP contribution in [0, 0.1) is 5.21 Å². The molecule has 1 unspecified atom stereocenters. The second-order valence-electron chi connectivity index (χ2n) is 3.28. The Morgan fingerprint density at radius 2 is 1.75 bits per heavy atom. The summed E-state index contributed by atoms with van der Waals surface area (Å²) in [7, 11) is 2.87. The van der Waals surface area contributed by atoms with Crippen molar-refractivity contribution >= 4 is 5.69 Å². The summed E-state index contributed by atoms with van der Waals surface area (Å²) in [5, 5.41) is 28.3. The van der Waals surface area contributed by atoms with Gasteiger partial charge in [-0.2, -0.15) is 5.23 Å². The smallest absolute Gasteiger partial charge is 0.173 e. The van der Waals surface area contributed by atoms with Gasteiger partial charge in [0.1, 0.15) is 0 Å². The van der Waals surface area contributed by atoms with Crippen molar-refractivity contribution in [3.8, 4) is 11.5 Å². The van der Waals surface area contributed by atoms with Crippen LogP contribution in [0.15, 0.2) is 12.1 Å². The van der Waals surface area contributed by atoms with Crippen molar-refractivity contribution in [2.45, 2.75) is 13.0 Å². The van der Waals surface area contributed by atoms with Crippen LogP contribution in [-0.4, -0.2) is 24.5 Å². The van der Waals surface area contributed by atoms with Gasteiger partial charge in [0.15, 0.2) is 17.2 Å². The van der Waals surface area contributed by atoms with E-state index < -0.39 is 11.3 Å². The lowest BCUT2D eigenvalue weighted by molar-refractivity contribution is -0.991. The number of nitrogens with one attached hydrogen (secondary N) is 1. The molecule has 0 aromatic heterocycles. The molecular formula is C10H15NO5. The summed E-state index contributed by atoms with van der Waals surface area (Å²) in [6.45, 7) is 1.49. The number of methoxy groups -OCH3 is 2. The predicted octanol–water partition coefficient (Wildman–Crippen LogP) is 0.160. The van der Waals surface area contributed by atoms with Gasteiger partial charge in [0.25, 0.3) is 0 Å². The van der Waals surface area contributed by atoms with Gasteiger partial charge in [-0.15, -0.1) is 0 Å². The number of rotatable bonds is 4. The summed E-state index contributed by atoms with van der Waals surface area (Å²) in [5.41, 5.74) is 0.304. The number of ether oxygens (including phenoxy) is 2. The van der Waals surface area contributed by atoms with Crippen LogP contribution in [0.25, 0.3) is 0 Å². The highest BCUT2D eigenvalue weighted by Crippen LogP contribution is 2.34. The highest BCUT2D eigenvalue weighted by Gasteiger charge is 2.18. The number of hydrogen-bond acceptors (Lipinski definition) is 5. The normalized spacial score (nSPS) is 14.4. The first kappa shape index (κ1) is 12.7. The van der Waals surface area contributed by atoms with Crippen molar-refractivity contribution in [3.05, 3.63) is 22.9 Å². The molecule has 3 N–H and O–H groups in total. The Kier molecular flexibility index (Phi) is 4.08. The van der Waals surface area contributed by atoms with E-state index in [0.717, 1.165) is 0 Å². The van der Waals surface area contributed by atoms with Crippen molar-refractivity contribution < 1.29 is 25.0 Å². The Bertz CT molecular complexity index is 329. The molecule has 0 saturated carbocycles. The van der Waals surface area contributed by atoms with Gasteiger partial charge in [0, 0.05) is 11.6 Å². The minimum Gasteiger partial charge on any atom is -0.595 e. The lowest BCUT2D eigenvalue weighted by Crippen LogP contribution is -2.99. The molecule has 0 aliphatic rings. The molecule has 0 saturated heterocycles. The molecule has 2 atom stereocenters. The summed E-state index contributed by atoms with van der Waals surface area (Å²) in [6, 6.07) is 2.80. The molecule has 0 amide bonds. The highest BCUT2D eigenvalue weighted by molar-refractivity contribution is 5.54. The fourth-order valence-electron chi connectivity index (χ4n) is 1.43. The Balaban J connectivity index is 3.35. The Labute approximate surface area is 93.2 Å². The van der Waals surface area contributed by atoms with Crippen LogP contribution >= 0.6 is 0 Å². The molecule has 1 aromatic carbocycles. The number of hydrogen-bond donors (Lipinski definition) is 3. The maximum absolute atomic E-state index is 11.0. The molecule has 0 radical (unpaired) electrons. The van der Waals surface area contributed by atoms with E-state index in [-0.39, 0.29) is 5.69 Å². The quantitative estimate of drug-likeness (QED) is 0.640. The van der Waals surface area contributed by atoms with E-state index in [1.165, 1.54) is 33.3 Å². The van der Waals surface area contributed by atoms with Gasteiger partial charge in [-0.1, -0.05) is 0 Å². The first-order chi connectivity index (χ1) is 7.51. The molecule has 90 valence electrons. The Morgan fingerprint density at radius 3 is 2.12 bits per heavy atom. The van der Waals surface area contributed by atoms with Crippen LogP contribution < -0.4 is 14.7 Å². The van der Waals surface area contributed by atoms with E-state index in [0.29, 0.717) is 17.1 Å². The topological polar surface area (TPSA) is 86.4 Å². The second-order valence-corrected chi connectivity index (χ2v) is 3.28. The zero-order valence-electron chi connectivity index (χ0n) is 9.35. The zero-order valence-corrected chi connectivity index (χ0v) is 9.35. The van der Waals surface area contributed by atoms with Gasteiger partial charge < -0.3 is 19.8 Å². The van der Waals surface area contributed by atoms with Gasteiger partial charge in [0.2, 0.25) is 0 Å². The van der Waals surface area contributed by atoms with Crippen molar-refractivity contribution in [3.63, 3.8) is 0 Å². The third-order valence-corrected chi connectivity index (χ3v) is 2.24. The first-order valence-electron chi connectivity index (χ1n) is 4.68. The maximum Gasteiger partial charge on any atom is 0.173 e. The van der Waals surface area contributed by atoms with Crippen molar-refractivity contribution in [1.82, 2.24) is 0 Å². The third kappa shape index (κ3) is 2.42. The predicted molar refractivity (Wildman–Crippen MR) is 56.0 cm³/mol. The van der Waals surface area contributed by atoms with Gasteiger partial charge in [-0.05, 0) is 13.0 Å². The van der Waals surface area contributed by atoms with Gasteiger partial charge in [0.05, 0.1) is 20.3 Å². The molecule has 0 bridgehead atoms. The lowest BCUT2D eigenvalue weighted by atomic mass is 10.1. The standard InChI is InChI=1S/C10H15NO5/c1-6(12)7-4-9(15-2)10(16-3)5-8(7)11(13)14/h4-6,11-13H,1-3H3/t6-/m1/s1. The summed E-state index contributed by atoms with van der Waals surface area (Å²) >= 11 is 0. The number of quaternary nitrogens is 1. The highest BCUT2D eigenvalue weighted by atomic mass is 16.8. The molecule has 0 fully saturated rings. The summed E-state index contributed by atoms with van der Waals surface area (Å²) < 4.78 is 10.0. The molecule has 6 heteroatoms. The van der Waals surface area contributed by atoms with Crippen LogP contribution in [-0.2, 0) is 0 Å². The maximum atomic E-state index is 11.0. The molecule has 6 nitrogen and oxygen atoms in total. The number of aliphatic hydroxyl groups is 1. The van der Waals surface area contributed by atoms with Crippen molar-refractivity contribution in [1.29, 1.82) is 0 Å². The molecular weight excluding hydrogens is 214 g/mol. The van der Waals surface area contributed by atoms with Crippen LogP contribution in [0.2, 0.25) is 0 Å². The Hall–Kier alpha value is -1.34. The van der Waals surface area contributed by atoms with Crippen molar-refractivity contribution in [2.75, 3.05) is 14.2 Å². The largest absolute Gasteiger partial charge is 0.595 e. The number of benzene rings is 1. The third-order valence-electron chi connectivity index (χ3n) is 2.24. The van der Waals surface area contributed by atoms with E-state index in [1.54, 1.807) is 0 Å². The molecule has 0 aliphatic carbocycles. The fourth-order valence-corrected chi connectivity index (χ4v) is 1.43. The van der Waals surface area contributed by atoms with Gasteiger partial charge in [-0.25, -0.2) is 5.21 Å².